The molecule has 0 amide bonds. The number of halogens is 1. The van der Waals surface area contributed by atoms with Gasteiger partial charge >= 0.3 is 0 Å². The molecule has 0 radical (unpaired) electrons. The number of nitrogens with zero attached hydrogens (tertiary/aromatic N) is 2. The van der Waals surface area contributed by atoms with E-state index in [0.29, 0.717) is 18.4 Å². The minimum Gasteiger partial charge on any atom is -0.478 e. The van der Waals surface area contributed by atoms with Crippen molar-refractivity contribution in [2.45, 2.75) is 32.2 Å². The van der Waals surface area contributed by atoms with Crippen molar-refractivity contribution >= 4 is 17.4 Å². The van der Waals surface area contributed by atoms with Gasteiger partial charge in [-0.3, -0.25) is 0 Å². The van der Waals surface area contributed by atoms with Gasteiger partial charge in [-0.1, -0.05) is 0 Å². The van der Waals surface area contributed by atoms with Crippen LogP contribution in [-0.2, 0) is 0 Å². The molecule has 1 saturated carbocycles. The minimum absolute atomic E-state index is 0.0458. The van der Waals surface area contributed by atoms with Crippen LogP contribution in [0.1, 0.15) is 25.3 Å². The van der Waals surface area contributed by atoms with Crippen LogP contribution in [0.15, 0.2) is 6.33 Å². The van der Waals surface area contributed by atoms with E-state index in [4.69, 9.17) is 16.3 Å². The number of rotatable bonds is 5. The molecule has 1 aromatic rings. The first-order chi connectivity index (χ1) is 7.71. The Labute approximate surface area is 100 Å². The highest BCUT2D eigenvalue weighted by molar-refractivity contribution is 6.19. The zero-order valence-electron chi connectivity index (χ0n) is 9.59. The van der Waals surface area contributed by atoms with Crippen LogP contribution in [0.4, 0.5) is 5.82 Å². The molecule has 0 unspecified atom stereocenters. The van der Waals surface area contributed by atoms with Gasteiger partial charge in [0.1, 0.15) is 12.1 Å². The second-order valence-corrected chi connectivity index (χ2v) is 4.39. The fraction of sp³-hybridized carbons (Fsp3) is 0.636. The van der Waals surface area contributed by atoms with Gasteiger partial charge in [0.05, 0.1) is 17.7 Å². The van der Waals surface area contributed by atoms with Gasteiger partial charge in [-0.05, 0) is 26.7 Å². The molecule has 0 aromatic carbocycles. The summed E-state index contributed by atoms with van der Waals surface area (Å²) in [5.74, 6) is 2.09. The fourth-order valence-electron chi connectivity index (χ4n) is 1.54. The summed E-state index contributed by atoms with van der Waals surface area (Å²) in [4.78, 5) is 8.33. The van der Waals surface area contributed by atoms with Crippen LogP contribution in [0.2, 0.25) is 0 Å². The Bertz CT molecular complexity index is 379. The molecule has 0 spiro atoms. The summed E-state index contributed by atoms with van der Waals surface area (Å²) in [7, 11) is 0. The third-order valence-electron chi connectivity index (χ3n) is 2.81. The quantitative estimate of drug-likeness (QED) is 0.804. The second-order valence-electron chi connectivity index (χ2n) is 4.12. The third-order valence-corrected chi connectivity index (χ3v) is 3.32. The zero-order valence-corrected chi connectivity index (χ0v) is 10.3. The van der Waals surface area contributed by atoms with E-state index in [1.165, 1.54) is 6.33 Å². The molecular formula is C11H16ClN3O. The van der Waals surface area contributed by atoms with E-state index in [2.05, 4.69) is 15.3 Å². The molecule has 2 rings (SSSR count). The van der Waals surface area contributed by atoms with Gasteiger partial charge in [-0.15, -0.1) is 11.6 Å². The smallest absolute Gasteiger partial charge is 0.221 e. The summed E-state index contributed by atoms with van der Waals surface area (Å²) in [5.41, 5.74) is 0.991. The van der Waals surface area contributed by atoms with Gasteiger partial charge in [-0.25, -0.2) is 9.97 Å². The predicted molar refractivity (Wildman–Crippen MR) is 64.2 cm³/mol. The molecule has 0 atom stereocenters. The highest BCUT2D eigenvalue weighted by Gasteiger charge is 2.42. The molecule has 16 heavy (non-hydrogen) atoms. The molecule has 1 fully saturated rings. The van der Waals surface area contributed by atoms with Gasteiger partial charge in [0.2, 0.25) is 5.88 Å². The lowest BCUT2D eigenvalue weighted by Gasteiger charge is -2.17. The standard InChI is InChI=1S/C11H16ClN3O/c1-3-16-10-8(2)9(13-7-14-10)15-11(6-12)4-5-11/h7H,3-6H2,1-2H3,(H,13,14,15). The molecule has 1 aliphatic carbocycles. The summed E-state index contributed by atoms with van der Waals surface area (Å²) in [6, 6.07) is 0. The van der Waals surface area contributed by atoms with E-state index in [0.717, 1.165) is 24.2 Å². The first-order valence-corrected chi connectivity index (χ1v) is 6.03. The molecule has 1 aliphatic rings. The number of anilines is 1. The maximum atomic E-state index is 5.92. The second kappa shape index (κ2) is 4.45. The van der Waals surface area contributed by atoms with Crippen LogP contribution >= 0.6 is 11.6 Å². The van der Waals surface area contributed by atoms with Crippen molar-refractivity contribution in [2.75, 3.05) is 17.8 Å². The molecule has 4 nitrogen and oxygen atoms in total. The van der Waals surface area contributed by atoms with Gasteiger partial charge in [0.15, 0.2) is 0 Å². The SMILES string of the molecule is CCOc1ncnc(NC2(CCl)CC2)c1C. The zero-order chi connectivity index (χ0) is 11.6. The summed E-state index contributed by atoms with van der Waals surface area (Å²) >= 11 is 5.92. The molecule has 1 aromatic heterocycles. The maximum absolute atomic E-state index is 5.92. The molecule has 88 valence electrons. The number of nitrogens with one attached hydrogen (secondary N) is 1. The molecule has 1 N–H and O–H groups in total. The van der Waals surface area contributed by atoms with E-state index in [9.17, 15) is 0 Å². The predicted octanol–water partition coefficient (Wildman–Crippen LogP) is 2.37. The van der Waals surface area contributed by atoms with Crippen LogP contribution in [0.5, 0.6) is 5.88 Å². The highest BCUT2D eigenvalue weighted by atomic mass is 35.5. The van der Waals surface area contributed by atoms with Crippen molar-refractivity contribution < 1.29 is 4.74 Å². The van der Waals surface area contributed by atoms with E-state index in [1.807, 2.05) is 13.8 Å². The number of aromatic nitrogens is 2. The Balaban J connectivity index is 2.17. The minimum atomic E-state index is 0.0458. The third kappa shape index (κ3) is 2.21. The monoisotopic (exact) mass is 241 g/mol. The molecule has 0 aliphatic heterocycles. The molecule has 1 heterocycles. The average Bonchev–Trinajstić information content (AvgIpc) is 3.05. The first kappa shape index (κ1) is 11.5. The fourth-order valence-corrected chi connectivity index (χ4v) is 1.87. The van der Waals surface area contributed by atoms with Crippen molar-refractivity contribution in [1.82, 2.24) is 9.97 Å². The summed E-state index contributed by atoms with van der Waals surface area (Å²) < 4.78 is 5.42. The maximum Gasteiger partial charge on any atom is 0.221 e. The molecular weight excluding hydrogens is 226 g/mol. The van der Waals surface area contributed by atoms with Crippen LogP contribution in [0, 0.1) is 6.92 Å². The topological polar surface area (TPSA) is 47.0 Å². The van der Waals surface area contributed by atoms with Crippen LogP contribution < -0.4 is 10.1 Å². The number of hydrogen-bond donors (Lipinski definition) is 1. The van der Waals surface area contributed by atoms with Crippen LogP contribution in [0.3, 0.4) is 0 Å². The summed E-state index contributed by atoms with van der Waals surface area (Å²) in [6.07, 6.45) is 3.72. The van der Waals surface area contributed by atoms with Crippen molar-refractivity contribution in [3.63, 3.8) is 0 Å². The lowest BCUT2D eigenvalue weighted by molar-refractivity contribution is 0.324. The van der Waals surface area contributed by atoms with E-state index in [-0.39, 0.29) is 5.54 Å². The Hall–Kier alpha value is -1.03. The van der Waals surface area contributed by atoms with Crippen molar-refractivity contribution in [3.8, 4) is 5.88 Å². The van der Waals surface area contributed by atoms with Gasteiger partial charge in [0.25, 0.3) is 0 Å². The number of hydrogen-bond acceptors (Lipinski definition) is 4. The molecule has 5 heteroatoms. The van der Waals surface area contributed by atoms with Crippen LogP contribution in [-0.4, -0.2) is 28.0 Å². The lowest BCUT2D eigenvalue weighted by atomic mass is 10.2. The van der Waals surface area contributed by atoms with Gasteiger partial charge in [0, 0.05) is 5.88 Å². The Morgan fingerprint density at radius 3 is 2.81 bits per heavy atom. The normalized spacial score (nSPS) is 16.9. The summed E-state index contributed by atoms with van der Waals surface area (Å²) in [5, 5.41) is 3.38. The Morgan fingerprint density at radius 2 is 2.25 bits per heavy atom. The van der Waals surface area contributed by atoms with Gasteiger partial charge in [-0.2, -0.15) is 0 Å². The highest BCUT2D eigenvalue weighted by Crippen LogP contribution is 2.40. The van der Waals surface area contributed by atoms with E-state index >= 15 is 0 Å². The van der Waals surface area contributed by atoms with Crippen LogP contribution in [0.25, 0.3) is 0 Å². The average molecular weight is 242 g/mol. The largest absolute Gasteiger partial charge is 0.478 e. The van der Waals surface area contributed by atoms with Gasteiger partial charge < -0.3 is 10.1 Å². The van der Waals surface area contributed by atoms with E-state index < -0.39 is 0 Å². The van der Waals surface area contributed by atoms with Crippen molar-refractivity contribution in [2.24, 2.45) is 0 Å². The van der Waals surface area contributed by atoms with Crippen molar-refractivity contribution in [1.29, 1.82) is 0 Å². The van der Waals surface area contributed by atoms with E-state index in [1.54, 1.807) is 0 Å². The lowest BCUT2D eigenvalue weighted by Crippen LogP contribution is -2.24. The Kier molecular flexibility index (Phi) is 3.19. The summed E-state index contributed by atoms with van der Waals surface area (Å²) in [6.45, 7) is 4.51. The first-order valence-electron chi connectivity index (χ1n) is 5.49. The van der Waals surface area contributed by atoms with Crippen molar-refractivity contribution in [3.05, 3.63) is 11.9 Å². The Morgan fingerprint density at radius 1 is 1.50 bits per heavy atom. The molecule has 0 bridgehead atoms. The molecule has 0 saturated heterocycles. The number of alkyl halides is 1. The number of ether oxygens (including phenoxy) is 1.